The monoisotopic (exact) mass is 466 g/mol. The smallest absolute Gasteiger partial charge is 0.237 e. The largest absolute Gasteiger partial charge is 0.345 e. The maximum atomic E-state index is 13.2. The summed E-state index contributed by atoms with van der Waals surface area (Å²) in [6.07, 6.45) is 19.0. The summed E-state index contributed by atoms with van der Waals surface area (Å²) in [5, 5.41) is 6.52. The molecule has 0 aliphatic rings. The number of rotatable bonds is 23. The number of carbonyl (C=O) groups excluding carboxylic acids is 2. The first-order valence-electron chi connectivity index (χ1n) is 14.5. The molecule has 4 nitrogen and oxygen atoms in total. The predicted octanol–water partition coefficient (Wildman–Crippen LogP) is 7.59. The third kappa shape index (κ3) is 16.4. The average Bonchev–Trinajstić information content (AvgIpc) is 2.78. The van der Waals surface area contributed by atoms with Crippen LogP contribution in [0.2, 0.25) is 0 Å². The highest BCUT2D eigenvalue weighted by molar-refractivity contribution is 5.91. The highest BCUT2D eigenvalue weighted by Gasteiger charge is 2.28. The van der Waals surface area contributed by atoms with Gasteiger partial charge in [-0.05, 0) is 38.6 Å². The molecule has 196 valence electrons. The van der Waals surface area contributed by atoms with Gasteiger partial charge in [0.2, 0.25) is 5.91 Å². The van der Waals surface area contributed by atoms with Gasteiger partial charge >= 0.3 is 0 Å². The minimum absolute atomic E-state index is 0.0208. The second-order valence-electron chi connectivity index (χ2n) is 10.5. The highest BCUT2D eigenvalue weighted by Crippen LogP contribution is 2.21. The lowest BCUT2D eigenvalue weighted by molar-refractivity contribution is -0.131. The standard InChI is InChI=1S/C29H58N2O2/c1-7-10-13-16-17-20-23-30-27(24(4)5)29(33)31-25(6)28(32)26(21-18-14-11-8-2)22-19-15-12-9-3/h24-27,30H,7-23H2,1-6H3,(H,31,33)/t25-,27-/m0/s1. The van der Waals surface area contributed by atoms with Crippen molar-refractivity contribution in [3.05, 3.63) is 0 Å². The first-order valence-corrected chi connectivity index (χ1v) is 14.5. The number of amides is 1. The minimum atomic E-state index is -0.406. The molecule has 0 aliphatic carbocycles. The Bertz CT molecular complexity index is 466. The van der Waals surface area contributed by atoms with E-state index in [2.05, 4.69) is 45.3 Å². The molecule has 2 atom stereocenters. The van der Waals surface area contributed by atoms with E-state index in [1.54, 1.807) is 0 Å². The van der Waals surface area contributed by atoms with Crippen LogP contribution in [0, 0.1) is 11.8 Å². The van der Waals surface area contributed by atoms with Crippen molar-refractivity contribution < 1.29 is 9.59 Å². The molecule has 0 heterocycles. The van der Waals surface area contributed by atoms with E-state index in [1.807, 2.05) is 6.92 Å². The molecule has 4 heteroatoms. The highest BCUT2D eigenvalue weighted by atomic mass is 16.2. The van der Waals surface area contributed by atoms with Crippen LogP contribution in [-0.4, -0.2) is 30.3 Å². The van der Waals surface area contributed by atoms with Gasteiger partial charge in [-0.2, -0.15) is 0 Å². The Balaban J connectivity index is 4.68. The normalized spacial score (nSPS) is 13.5. The van der Waals surface area contributed by atoms with Crippen molar-refractivity contribution in [2.75, 3.05) is 6.54 Å². The van der Waals surface area contributed by atoms with Gasteiger partial charge in [-0.25, -0.2) is 0 Å². The van der Waals surface area contributed by atoms with Gasteiger partial charge in [-0.1, -0.05) is 118 Å². The molecule has 0 rings (SSSR count). The molecule has 0 saturated carbocycles. The van der Waals surface area contributed by atoms with Crippen molar-refractivity contribution in [3.8, 4) is 0 Å². The fraction of sp³-hybridized carbons (Fsp3) is 0.931. The van der Waals surface area contributed by atoms with Crippen molar-refractivity contribution in [2.45, 2.75) is 156 Å². The molecular formula is C29H58N2O2. The van der Waals surface area contributed by atoms with E-state index in [1.165, 1.54) is 70.6 Å². The molecule has 0 fully saturated rings. The van der Waals surface area contributed by atoms with Gasteiger partial charge in [0.1, 0.15) is 0 Å². The summed E-state index contributed by atoms with van der Waals surface area (Å²) in [5.41, 5.74) is 0. The molecule has 0 aromatic heterocycles. The summed E-state index contributed by atoms with van der Waals surface area (Å²) in [6, 6.07) is -0.639. The summed E-state index contributed by atoms with van der Waals surface area (Å²) in [4.78, 5) is 26.2. The second kappa shape index (κ2) is 21.6. The molecule has 1 amide bonds. The third-order valence-electron chi connectivity index (χ3n) is 6.84. The van der Waals surface area contributed by atoms with Crippen LogP contribution in [0.5, 0.6) is 0 Å². The number of nitrogens with one attached hydrogen (secondary N) is 2. The predicted molar refractivity (Wildman–Crippen MR) is 144 cm³/mol. The topological polar surface area (TPSA) is 58.2 Å². The van der Waals surface area contributed by atoms with Crippen molar-refractivity contribution in [1.82, 2.24) is 10.6 Å². The molecule has 0 bridgehead atoms. The zero-order valence-electron chi connectivity index (χ0n) is 23.1. The number of unbranched alkanes of at least 4 members (excludes halogenated alkanes) is 11. The Morgan fingerprint density at radius 2 is 1.09 bits per heavy atom. The van der Waals surface area contributed by atoms with Crippen LogP contribution in [0.4, 0.5) is 0 Å². The Hall–Kier alpha value is -0.900. The van der Waals surface area contributed by atoms with E-state index < -0.39 is 6.04 Å². The van der Waals surface area contributed by atoms with Gasteiger partial charge in [-0.15, -0.1) is 0 Å². The van der Waals surface area contributed by atoms with Crippen molar-refractivity contribution in [3.63, 3.8) is 0 Å². The van der Waals surface area contributed by atoms with E-state index in [-0.39, 0.29) is 29.6 Å². The maximum Gasteiger partial charge on any atom is 0.237 e. The fourth-order valence-corrected chi connectivity index (χ4v) is 4.59. The number of carbonyl (C=O) groups is 2. The summed E-state index contributed by atoms with van der Waals surface area (Å²) in [6.45, 7) is 13.6. The SMILES string of the molecule is CCCCCCCCN[C@H](C(=O)N[C@@H](C)C(=O)C(CCCCCC)CCCCCC)C(C)C. The Morgan fingerprint density at radius 3 is 1.58 bits per heavy atom. The molecule has 0 unspecified atom stereocenters. The second-order valence-corrected chi connectivity index (χ2v) is 10.5. The Kier molecular flexibility index (Phi) is 21.0. The van der Waals surface area contributed by atoms with Gasteiger partial charge < -0.3 is 10.6 Å². The van der Waals surface area contributed by atoms with Crippen LogP contribution in [0.3, 0.4) is 0 Å². The first kappa shape index (κ1) is 32.1. The zero-order valence-corrected chi connectivity index (χ0v) is 23.1. The zero-order chi connectivity index (χ0) is 24.9. The van der Waals surface area contributed by atoms with E-state index in [9.17, 15) is 9.59 Å². The quantitative estimate of drug-likeness (QED) is 0.152. The van der Waals surface area contributed by atoms with E-state index in [4.69, 9.17) is 0 Å². The van der Waals surface area contributed by atoms with E-state index >= 15 is 0 Å². The molecule has 0 saturated heterocycles. The number of Topliss-reactive ketones (excluding diaryl/α,β-unsaturated/α-hetero) is 1. The lowest BCUT2D eigenvalue weighted by Crippen LogP contribution is -2.52. The van der Waals surface area contributed by atoms with Gasteiger partial charge in [0.05, 0.1) is 12.1 Å². The molecule has 0 aliphatic heterocycles. The third-order valence-corrected chi connectivity index (χ3v) is 6.84. The van der Waals surface area contributed by atoms with Gasteiger partial charge in [0, 0.05) is 5.92 Å². The van der Waals surface area contributed by atoms with Crippen molar-refractivity contribution in [2.24, 2.45) is 11.8 Å². The lowest BCUT2D eigenvalue weighted by Gasteiger charge is -2.26. The van der Waals surface area contributed by atoms with Crippen LogP contribution in [0.25, 0.3) is 0 Å². The van der Waals surface area contributed by atoms with Crippen LogP contribution < -0.4 is 10.6 Å². The van der Waals surface area contributed by atoms with E-state index in [0.29, 0.717) is 0 Å². The van der Waals surface area contributed by atoms with Gasteiger partial charge in [-0.3, -0.25) is 9.59 Å². The number of hydrogen-bond acceptors (Lipinski definition) is 3. The summed E-state index contributed by atoms with van der Waals surface area (Å²) < 4.78 is 0. The number of hydrogen-bond donors (Lipinski definition) is 2. The molecule has 33 heavy (non-hydrogen) atoms. The lowest BCUT2D eigenvalue weighted by atomic mass is 9.88. The molecule has 0 aromatic carbocycles. The van der Waals surface area contributed by atoms with Crippen LogP contribution in [0.15, 0.2) is 0 Å². The summed E-state index contributed by atoms with van der Waals surface area (Å²) in [5.74, 6) is 0.496. The summed E-state index contributed by atoms with van der Waals surface area (Å²) in [7, 11) is 0. The first-order chi connectivity index (χ1) is 15.9. The van der Waals surface area contributed by atoms with Gasteiger partial charge in [0.15, 0.2) is 5.78 Å². The van der Waals surface area contributed by atoms with Crippen molar-refractivity contribution in [1.29, 1.82) is 0 Å². The number of ketones is 1. The Labute approximate surface area is 206 Å². The molecule has 0 radical (unpaired) electrons. The van der Waals surface area contributed by atoms with Crippen LogP contribution >= 0.6 is 0 Å². The summed E-state index contributed by atoms with van der Waals surface area (Å²) >= 11 is 0. The maximum absolute atomic E-state index is 13.2. The average molecular weight is 467 g/mol. The molecular weight excluding hydrogens is 408 g/mol. The van der Waals surface area contributed by atoms with Gasteiger partial charge in [0.25, 0.3) is 0 Å². The van der Waals surface area contributed by atoms with Crippen LogP contribution in [0.1, 0.15) is 144 Å². The Morgan fingerprint density at radius 1 is 0.636 bits per heavy atom. The molecule has 0 aromatic rings. The van der Waals surface area contributed by atoms with Crippen molar-refractivity contribution >= 4 is 11.7 Å². The van der Waals surface area contributed by atoms with E-state index in [0.717, 1.165) is 38.6 Å². The molecule has 2 N–H and O–H groups in total. The fourth-order valence-electron chi connectivity index (χ4n) is 4.59. The molecule has 0 spiro atoms. The minimum Gasteiger partial charge on any atom is -0.345 e. The van der Waals surface area contributed by atoms with Crippen LogP contribution in [-0.2, 0) is 9.59 Å².